The largest absolute Gasteiger partial charge is 0.478 e. The van der Waals surface area contributed by atoms with E-state index in [0.29, 0.717) is 0 Å². The number of carbonyl (C=O) groups is 1. The van der Waals surface area contributed by atoms with E-state index in [1.807, 2.05) is 0 Å². The van der Waals surface area contributed by atoms with Crippen LogP contribution in [0.15, 0.2) is 27.6 Å². The summed E-state index contributed by atoms with van der Waals surface area (Å²) in [5.41, 5.74) is 24.4. The zero-order chi connectivity index (χ0) is 13.5. The van der Waals surface area contributed by atoms with Crippen molar-refractivity contribution >= 4 is 17.3 Å². The van der Waals surface area contributed by atoms with Crippen molar-refractivity contribution in [2.45, 2.75) is 6.54 Å². The predicted octanol–water partition coefficient (Wildman–Crippen LogP) is 3.22. The number of hydrogen-bond donors (Lipinski definition) is 4. The van der Waals surface area contributed by atoms with Gasteiger partial charge in [0.2, 0.25) is 0 Å². The molecule has 1 rings (SSSR count). The Balaban J connectivity index is 3.39. The summed E-state index contributed by atoms with van der Waals surface area (Å²) in [6, 6.07) is 2.47. The molecule has 0 aliphatic rings. The van der Waals surface area contributed by atoms with Crippen LogP contribution in [-0.4, -0.2) is 11.1 Å². The van der Waals surface area contributed by atoms with Gasteiger partial charge < -0.3 is 5.11 Å². The highest BCUT2D eigenvalue weighted by Crippen LogP contribution is 2.29. The Hall–Kier alpha value is -3.00. The van der Waals surface area contributed by atoms with Crippen LogP contribution in [0.25, 0.3) is 10.4 Å². The fourth-order valence-corrected chi connectivity index (χ4v) is 1.31. The Morgan fingerprint density at radius 3 is 2.72 bits per heavy atom. The van der Waals surface area contributed by atoms with E-state index < -0.39 is 5.97 Å². The molecular weight excluding hydrogens is 240 g/mol. The summed E-state index contributed by atoms with van der Waals surface area (Å²) in [7, 11) is 0. The number of carboxylic acids is 1. The number of rotatable bonds is 6. The standard InChI is InChI=1S/C8H8N8O2/c9-13-6-1-4(3-12-15-10)5(8(17)18)2-7(6)14-16-11/h1-2,9H,3H2,(H2,11,14)(H,17,18). The number of hydrogen-bond acceptors (Lipinski definition) is 6. The molecule has 0 spiro atoms. The highest BCUT2D eigenvalue weighted by Gasteiger charge is 2.14. The van der Waals surface area contributed by atoms with Crippen molar-refractivity contribution in [2.24, 2.45) is 15.5 Å². The molecule has 10 heteroatoms. The molecule has 0 aliphatic carbocycles. The van der Waals surface area contributed by atoms with Crippen LogP contribution in [0.5, 0.6) is 0 Å². The van der Waals surface area contributed by atoms with Crippen molar-refractivity contribution in [3.8, 4) is 0 Å². The van der Waals surface area contributed by atoms with Gasteiger partial charge in [0.15, 0.2) is 0 Å². The summed E-state index contributed by atoms with van der Waals surface area (Å²) in [6.45, 7) is -0.168. The molecular formula is C8H8N8O2. The van der Waals surface area contributed by atoms with E-state index in [-0.39, 0.29) is 29.0 Å². The molecule has 0 aliphatic heterocycles. The van der Waals surface area contributed by atoms with Crippen molar-refractivity contribution in [3.05, 3.63) is 33.7 Å². The molecule has 4 N–H and O–H groups in total. The van der Waals surface area contributed by atoms with Crippen molar-refractivity contribution in [2.75, 3.05) is 5.43 Å². The lowest BCUT2D eigenvalue weighted by Gasteiger charge is -2.08. The van der Waals surface area contributed by atoms with Crippen molar-refractivity contribution < 1.29 is 9.90 Å². The first-order chi connectivity index (χ1) is 8.63. The molecule has 92 valence electrons. The molecule has 0 bridgehead atoms. The molecule has 0 atom stereocenters. The summed E-state index contributed by atoms with van der Waals surface area (Å²) in [5.74, 6) is -1.22. The summed E-state index contributed by atoms with van der Waals surface area (Å²) in [5, 5.41) is 18.3. The lowest BCUT2D eigenvalue weighted by atomic mass is 10.1. The molecule has 0 radical (unpaired) electrons. The Bertz CT molecular complexity index is 548. The maximum Gasteiger partial charge on any atom is 0.336 e. The number of aromatic carboxylic acids is 1. The van der Waals surface area contributed by atoms with E-state index in [4.69, 9.17) is 21.7 Å². The molecule has 1 aromatic rings. The van der Waals surface area contributed by atoms with Crippen LogP contribution in [0.3, 0.4) is 0 Å². The van der Waals surface area contributed by atoms with Crippen LogP contribution in [0.1, 0.15) is 15.9 Å². The van der Waals surface area contributed by atoms with Crippen LogP contribution in [0.2, 0.25) is 0 Å². The first kappa shape index (κ1) is 13.1. The minimum Gasteiger partial charge on any atom is -0.478 e. The SMILES string of the molecule is [N-]=[N+]=NCc1cc(N=N)c(NN=N)cc1C(=O)O. The Labute approximate surface area is 100 Å². The Morgan fingerprint density at radius 2 is 2.22 bits per heavy atom. The van der Waals surface area contributed by atoms with Gasteiger partial charge in [-0.1, -0.05) is 10.3 Å². The maximum absolute atomic E-state index is 11.0. The normalized spacial score (nSPS) is 9.11. The molecule has 0 fully saturated rings. The van der Waals surface area contributed by atoms with E-state index in [0.717, 1.165) is 0 Å². The monoisotopic (exact) mass is 248 g/mol. The second-order valence-corrected chi connectivity index (χ2v) is 3.06. The molecule has 18 heavy (non-hydrogen) atoms. The number of anilines is 1. The Kier molecular flexibility index (Phi) is 4.29. The first-order valence-electron chi connectivity index (χ1n) is 4.55. The predicted molar refractivity (Wildman–Crippen MR) is 59.8 cm³/mol. The zero-order valence-electron chi connectivity index (χ0n) is 8.95. The van der Waals surface area contributed by atoms with E-state index in [9.17, 15) is 4.79 Å². The molecule has 10 nitrogen and oxygen atoms in total. The van der Waals surface area contributed by atoms with Crippen LogP contribution in [0.4, 0.5) is 11.4 Å². The van der Waals surface area contributed by atoms with Gasteiger partial charge in [0.1, 0.15) is 5.69 Å². The molecule has 0 unspecified atom stereocenters. The van der Waals surface area contributed by atoms with Gasteiger partial charge in [-0.05, 0) is 23.2 Å². The third kappa shape index (κ3) is 2.77. The zero-order valence-corrected chi connectivity index (χ0v) is 8.95. The van der Waals surface area contributed by atoms with Gasteiger partial charge in [-0.15, -0.1) is 0 Å². The number of nitrogens with zero attached hydrogens (tertiary/aromatic N) is 5. The van der Waals surface area contributed by atoms with Gasteiger partial charge in [-0.2, -0.15) is 10.6 Å². The number of carboxylic acid groups (broad SMARTS) is 1. The third-order valence-corrected chi connectivity index (χ3v) is 2.05. The fraction of sp³-hybridized carbons (Fsp3) is 0.125. The van der Waals surface area contributed by atoms with E-state index in [1.54, 1.807) is 0 Å². The Morgan fingerprint density at radius 1 is 1.50 bits per heavy atom. The summed E-state index contributed by atoms with van der Waals surface area (Å²) < 4.78 is 0. The topological polar surface area (TPSA) is 171 Å². The minimum atomic E-state index is -1.22. The van der Waals surface area contributed by atoms with Crippen LogP contribution in [0, 0.1) is 11.1 Å². The smallest absolute Gasteiger partial charge is 0.336 e. The molecule has 0 heterocycles. The lowest BCUT2D eigenvalue weighted by Crippen LogP contribution is -2.03. The quantitative estimate of drug-likeness (QED) is 0.262. The van der Waals surface area contributed by atoms with Gasteiger partial charge in [-0.3, -0.25) is 5.43 Å². The number of benzene rings is 1. The van der Waals surface area contributed by atoms with Crippen molar-refractivity contribution in [1.29, 1.82) is 11.1 Å². The van der Waals surface area contributed by atoms with E-state index in [2.05, 4.69) is 25.8 Å². The molecule has 1 aromatic carbocycles. The molecule has 0 amide bonds. The van der Waals surface area contributed by atoms with Gasteiger partial charge in [0, 0.05) is 4.91 Å². The fourth-order valence-electron chi connectivity index (χ4n) is 1.31. The van der Waals surface area contributed by atoms with Gasteiger partial charge in [0.25, 0.3) is 0 Å². The van der Waals surface area contributed by atoms with Crippen LogP contribution in [-0.2, 0) is 6.54 Å². The summed E-state index contributed by atoms with van der Waals surface area (Å²) in [6.07, 6.45) is 0. The highest BCUT2D eigenvalue weighted by molar-refractivity contribution is 5.92. The lowest BCUT2D eigenvalue weighted by molar-refractivity contribution is 0.0696. The number of azide groups is 1. The highest BCUT2D eigenvalue weighted by atomic mass is 16.4. The van der Waals surface area contributed by atoms with Crippen LogP contribution < -0.4 is 5.43 Å². The minimum absolute atomic E-state index is 0.0964. The molecule has 0 saturated heterocycles. The third-order valence-electron chi connectivity index (χ3n) is 2.05. The van der Waals surface area contributed by atoms with E-state index >= 15 is 0 Å². The maximum atomic E-state index is 11.0. The second-order valence-electron chi connectivity index (χ2n) is 3.06. The van der Waals surface area contributed by atoms with Gasteiger partial charge in [0.05, 0.1) is 17.8 Å². The van der Waals surface area contributed by atoms with E-state index in [1.165, 1.54) is 12.1 Å². The summed E-state index contributed by atoms with van der Waals surface area (Å²) >= 11 is 0. The first-order valence-corrected chi connectivity index (χ1v) is 4.55. The summed E-state index contributed by atoms with van der Waals surface area (Å²) in [4.78, 5) is 13.6. The second kappa shape index (κ2) is 5.92. The molecule has 0 saturated carbocycles. The average Bonchev–Trinajstić information content (AvgIpc) is 2.36. The van der Waals surface area contributed by atoms with Gasteiger partial charge in [-0.25, -0.2) is 10.3 Å². The van der Waals surface area contributed by atoms with Crippen molar-refractivity contribution in [3.63, 3.8) is 0 Å². The average molecular weight is 248 g/mol. The van der Waals surface area contributed by atoms with Crippen molar-refractivity contribution in [1.82, 2.24) is 0 Å². The van der Waals surface area contributed by atoms with Gasteiger partial charge >= 0.3 is 5.97 Å². The van der Waals surface area contributed by atoms with Crippen LogP contribution >= 0.6 is 0 Å². The number of nitrogens with one attached hydrogen (secondary N) is 3. The molecule has 0 aromatic heterocycles.